The van der Waals surface area contributed by atoms with Gasteiger partial charge < -0.3 is 14.6 Å². The molecule has 0 aliphatic rings. The smallest absolute Gasteiger partial charge is 0.258 e. The van der Waals surface area contributed by atoms with Gasteiger partial charge in [-0.2, -0.15) is 16.7 Å². The molecule has 0 fully saturated rings. The van der Waals surface area contributed by atoms with Gasteiger partial charge in [-0.3, -0.25) is 10.1 Å². The van der Waals surface area contributed by atoms with Crippen LogP contribution in [0.1, 0.15) is 21.9 Å². The summed E-state index contributed by atoms with van der Waals surface area (Å²) in [5, 5.41) is 10.2. The molecule has 0 aliphatic carbocycles. The molecule has 2 heterocycles. The first-order valence-corrected chi connectivity index (χ1v) is 10.5. The third-order valence-electron chi connectivity index (χ3n) is 3.99. The van der Waals surface area contributed by atoms with Gasteiger partial charge in [-0.15, -0.1) is 5.10 Å². The monoisotopic (exact) mass is 414 g/mol. The number of hydrogen-bond acceptors (Lipinski definition) is 7. The van der Waals surface area contributed by atoms with E-state index in [2.05, 4.69) is 25.6 Å². The van der Waals surface area contributed by atoms with Gasteiger partial charge in [0.2, 0.25) is 5.95 Å². The number of anilines is 2. The summed E-state index contributed by atoms with van der Waals surface area (Å²) in [5.74, 6) is 4.34. The van der Waals surface area contributed by atoms with Crippen LogP contribution in [0.2, 0.25) is 0 Å². The molecule has 2 aromatic heterocycles. The van der Waals surface area contributed by atoms with Gasteiger partial charge in [0.15, 0.2) is 0 Å². The fourth-order valence-electron chi connectivity index (χ4n) is 2.66. The van der Waals surface area contributed by atoms with Crippen molar-refractivity contribution in [2.24, 2.45) is 7.05 Å². The molecule has 0 saturated heterocycles. The van der Waals surface area contributed by atoms with Crippen LogP contribution < -0.4 is 10.6 Å². The van der Waals surface area contributed by atoms with Gasteiger partial charge in [-0.05, 0) is 38.4 Å². The van der Waals surface area contributed by atoms with Crippen molar-refractivity contribution in [2.45, 2.75) is 12.3 Å². The molecule has 0 atom stereocenters. The Balaban J connectivity index is 1.41. The minimum absolute atomic E-state index is 0.231. The number of thioether (sulfide) groups is 1. The molecular formula is C20H26N6O2S. The second-order valence-electron chi connectivity index (χ2n) is 6.79. The Bertz CT molecular complexity index is 922. The summed E-state index contributed by atoms with van der Waals surface area (Å²) in [4.78, 5) is 18.6. The molecule has 8 nitrogen and oxygen atoms in total. The molecule has 3 rings (SSSR count). The maximum Gasteiger partial charge on any atom is 0.258 e. The van der Waals surface area contributed by atoms with E-state index in [1.165, 1.54) is 0 Å². The Labute approximate surface area is 174 Å². The summed E-state index contributed by atoms with van der Waals surface area (Å²) >= 11 is 1.78. The van der Waals surface area contributed by atoms with Gasteiger partial charge in [0.25, 0.3) is 11.9 Å². The first-order valence-electron chi connectivity index (χ1n) is 9.32. The Hall–Kier alpha value is -2.78. The fourth-order valence-corrected chi connectivity index (χ4v) is 3.41. The van der Waals surface area contributed by atoms with Crippen LogP contribution in [0.25, 0.3) is 0 Å². The Kier molecular flexibility index (Phi) is 7.31. The molecular weight excluding hydrogens is 388 g/mol. The third-order valence-corrected chi connectivity index (χ3v) is 4.97. The second-order valence-corrected chi connectivity index (χ2v) is 7.89. The summed E-state index contributed by atoms with van der Waals surface area (Å²) in [5.41, 5.74) is 0.567. The van der Waals surface area contributed by atoms with E-state index in [4.69, 9.17) is 4.42 Å². The number of furan rings is 1. The van der Waals surface area contributed by atoms with Crippen LogP contribution >= 0.6 is 11.8 Å². The van der Waals surface area contributed by atoms with Crippen LogP contribution in [0.5, 0.6) is 0 Å². The predicted molar refractivity (Wildman–Crippen MR) is 116 cm³/mol. The van der Waals surface area contributed by atoms with Gasteiger partial charge in [-0.1, -0.05) is 18.2 Å². The number of carbonyl (C=O) groups is 1. The number of nitrogens with one attached hydrogen (secondary N) is 2. The topological polar surface area (TPSA) is 88.2 Å². The largest absolute Gasteiger partial charge is 0.464 e. The lowest BCUT2D eigenvalue weighted by Crippen LogP contribution is -2.13. The van der Waals surface area contributed by atoms with E-state index >= 15 is 0 Å². The van der Waals surface area contributed by atoms with Gasteiger partial charge in [0, 0.05) is 24.9 Å². The molecule has 1 amide bonds. The highest BCUT2D eigenvalue weighted by Gasteiger charge is 2.11. The summed E-state index contributed by atoms with van der Waals surface area (Å²) < 4.78 is 7.42. The van der Waals surface area contributed by atoms with Crippen molar-refractivity contribution < 1.29 is 9.21 Å². The van der Waals surface area contributed by atoms with Gasteiger partial charge >= 0.3 is 0 Å². The van der Waals surface area contributed by atoms with Crippen LogP contribution in [0.15, 0.2) is 46.9 Å². The van der Waals surface area contributed by atoms with Gasteiger partial charge in [-0.25, -0.2) is 4.68 Å². The van der Waals surface area contributed by atoms with Crippen molar-refractivity contribution in [3.8, 4) is 0 Å². The van der Waals surface area contributed by atoms with E-state index in [1.54, 1.807) is 35.6 Å². The zero-order chi connectivity index (χ0) is 20.6. The van der Waals surface area contributed by atoms with Crippen molar-refractivity contribution in [1.29, 1.82) is 0 Å². The molecule has 0 unspecified atom stereocenters. The lowest BCUT2D eigenvalue weighted by molar-refractivity contribution is 0.102. The van der Waals surface area contributed by atoms with Gasteiger partial charge in [0.05, 0.1) is 12.3 Å². The van der Waals surface area contributed by atoms with Crippen LogP contribution in [0.4, 0.5) is 11.9 Å². The number of nitrogens with zero attached hydrogens (tertiary/aromatic N) is 4. The highest BCUT2D eigenvalue weighted by molar-refractivity contribution is 7.98. The average Bonchev–Trinajstić information content (AvgIpc) is 3.27. The Morgan fingerprint density at radius 3 is 2.69 bits per heavy atom. The number of amides is 1. The first kappa shape index (κ1) is 20.9. The number of aromatic nitrogens is 3. The van der Waals surface area contributed by atoms with Crippen LogP contribution in [-0.4, -0.2) is 52.0 Å². The van der Waals surface area contributed by atoms with E-state index in [1.807, 2.05) is 44.4 Å². The maximum atomic E-state index is 12.2. The second kappa shape index (κ2) is 10.1. The normalized spacial score (nSPS) is 11.0. The molecule has 0 saturated carbocycles. The molecule has 0 bridgehead atoms. The predicted octanol–water partition coefficient (Wildman–Crippen LogP) is 3.07. The highest BCUT2D eigenvalue weighted by atomic mass is 32.2. The molecule has 29 heavy (non-hydrogen) atoms. The van der Waals surface area contributed by atoms with Crippen molar-refractivity contribution in [3.05, 3.63) is 59.5 Å². The minimum atomic E-state index is -0.231. The van der Waals surface area contributed by atoms with Crippen molar-refractivity contribution in [3.63, 3.8) is 0 Å². The number of aryl methyl sites for hydroxylation is 1. The zero-order valence-electron chi connectivity index (χ0n) is 16.9. The summed E-state index contributed by atoms with van der Waals surface area (Å²) in [6, 6.07) is 13.1. The molecule has 154 valence electrons. The lowest BCUT2D eigenvalue weighted by atomic mass is 10.2. The zero-order valence-corrected chi connectivity index (χ0v) is 17.7. The Morgan fingerprint density at radius 2 is 1.93 bits per heavy atom. The lowest BCUT2D eigenvalue weighted by Gasteiger charge is -2.06. The van der Waals surface area contributed by atoms with Crippen molar-refractivity contribution in [2.75, 3.05) is 37.0 Å². The van der Waals surface area contributed by atoms with Crippen LogP contribution in [0, 0.1) is 0 Å². The first-order chi connectivity index (χ1) is 14.0. The van der Waals surface area contributed by atoms with Gasteiger partial charge in [0.1, 0.15) is 11.5 Å². The summed E-state index contributed by atoms with van der Waals surface area (Å²) in [6.07, 6.45) is 0. The van der Waals surface area contributed by atoms with Crippen molar-refractivity contribution in [1.82, 2.24) is 19.7 Å². The third kappa shape index (κ3) is 6.37. The number of rotatable bonds is 10. The molecule has 1 aromatic carbocycles. The van der Waals surface area contributed by atoms with E-state index < -0.39 is 0 Å². The van der Waals surface area contributed by atoms with E-state index in [0.29, 0.717) is 11.5 Å². The SMILES string of the molecule is CN(C)Cc1ccc(CSCCNc2nc(NC(=O)c3ccccc3)nn2C)o1. The van der Waals surface area contributed by atoms with E-state index in [0.717, 1.165) is 36.1 Å². The quantitative estimate of drug-likeness (QED) is 0.493. The number of benzene rings is 1. The minimum Gasteiger partial charge on any atom is -0.464 e. The average molecular weight is 415 g/mol. The fraction of sp³-hybridized carbons (Fsp3) is 0.350. The highest BCUT2D eigenvalue weighted by Crippen LogP contribution is 2.16. The number of hydrogen-bond donors (Lipinski definition) is 2. The number of carbonyl (C=O) groups excluding carboxylic acids is 1. The maximum absolute atomic E-state index is 12.2. The molecule has 0 radical (unpaired) electrons. The Morgan fingerprint density at radius 1 is 1.17 bits per heavy atom. The summed E-state index contributed by atoms with van der Waals surface area (Å²) in [6.45, 7) is 1.54. The van der Waals surface area contributed by atoms with E-state index in [-0.39, 0.29) is 11.9 Å². The van der Waals surface area contributed by atoms with Crippen LogP contribution in [-0.2, 0) is 19.3 Å². The van der Waals surface area contributed by atoms with E-state index in [9.17, 15) is 4.79 Å². The molecule has 0 aliphatic heterocycles. The molecule has 9 heteroatoms. The summed E-state index contributed by atoms with van der Waals surface area (Å²) in [7, 11) is 5.83. The standard InChI is InChI=1S/C20H26N6O2S/c1-25(2)13-16-9-10-17(28-16)14-29-12-11-21-20-23-19(24-26(20)3)22-18(27)15-7-5-4-6-8-15/h4-10H,11-14H2,1-3H3,(H2,21,22,23,24,27). The molecule has 3 aromatic rings. The molecule has 0 spiro atoms. The van der Waals surface area contributed by atoms with Crippen molar-refractivity contribution >= 4 is 29.6 Å². The van der Waals surface area contributed by atoms with Crippen LogP contribution in [0.3, 0.4) is 0 Å². The molecule has 2 N–H and O–H groups in total.